The Morgan fingerprint density at radius 3 is 2.78 bits per heavy atom. The van der Waals surface area contributed by atoms with Crippen molar-refractivity contribution >= 4 is 11.8 Å². The molecule has 6 heteroatoms. The number of hydrogen-bond donors (Lipinski definition) is 0. The Labute approximate surface area is 161 Å². The Morgan fingerprint density at radius 2 is 1.96 bits per heavy atom. The summed E-state index contributed by atoms with van der Waals surface area (Å²) >= 11 is 0. The van der Waals surface area contributed by atoms with E-state index in [1.807, 2.05) is 12.3 Å². The highest BCUT2D eigenvalue weighted by atomic mass is 16.5. The zero-order valence-electron chi connectivity index (χ0n) is 16.3. The van der Waals surface area contributed by atoms with Gasteiger partial charge in [0, 0.05) is 52.0 Å². The van der Waals surface area contributed by atoms with E-state index in [1.54, 1.807) is 0 Å². The molecule has 2 fully saturated rings. The van der Waals surface area contributed by atoms with Gasteiger partial charge in [-0.2, -0.15) is 4.98 Å². The minimum absolute atomic E-state index is 0.487. The van der Waals surface area contributed by atoms with Crippen LogP contribution in [0.5, 0.6) is 0 Å². The summed E-state index contributed by atoms with van der Waals surface area (Å²) < 4.78 is 5.44. The van der Waals surface area contributed by atoms with Gasteiger partial charge >= 0.3 is 0 Å². The van der Waals surface area contributed by atoms with Crippen molar-refractivity contribution in [3.8, 4) is 0 Å². The number of likely N-dealkylation sites (tertiary alicyclic amines) is 1. The number of likely N-dealkylation sites (N-methyl/N-ethyl adjacent to an activating group) is 1. The quantitative estimate of drug-likeness (QED) is 0.808. The van der Waals surface area contributed by atoms with Crippen LogP contribution in [-0.4, -0.2) is 67.4 Å². The van der Waals surface area contributed by atoms with Gasteiger partial charge in [0.1, 0.15) is 5.82 Å². The highest BCUT2D eigenvalue weighted by molar-refractivity contribution is 5.44. The lowest BCUT2D eigenvalue weighted by Crippen LogP contribution is -2.38. The molecule has 0 bridgehead atoms. The van der Waals surface area contributed by atoms with Gasteiger partial charge in [-0.15, -0.1) is 0 Å². The first-order valence-corrected chi connectivity index (χ1v) is 9.86. The molecule has 0 amide bonds. The summed E-state index contributed by atoms with van der Waals surface area (Å²) in [6.45, 7) is 8.65. The van der Waals surface area contributed by atoms with Crippen molar-refractivity contribution in [2.45, 2.75) is 25.9 Å². The molecule has 1 atom stereocenters. The fourth-order valence-corrected chi connectivity index (χ4v) is 3.94. The minimum Gasteiger partial charge on any atom is -0.378 e. The van der Waals surface area contributed by atoms with E-state index in [0.717, 1.165) is 57.7 Å². The van der Waals surface area contributed by atoms with Crippen LogP contribution < -0.4 is 9.80 Å². The number of hydrogen-bond acceptors (Lipinski definition) is 6. The van der Waals surface area contributed by atoms with Crippen molar-refractivity contribution in [2.24, 2.45) is 0 Å². The van der Waals surface area contributed by atoms with Crippen molar-refractivity contribution in [3.63, 3.8) is 0 Å². The Balaban J connectivity index is 1.40. The van der Waals surface area contributed by atoms with E-state index < -0.39 is 0 Å². The van der Waals surface area contributed by atoms with E-state index >= 15 is 0 Å². The molecule has 144 valence electrons. The third kappa shape index (κ3) is 4.22. The maximum absolute atomic E-state index is 5.44. The second-order valence-electron chi connectivity index (χ2n) is 7.53. The normalized spacial score (nSPS) is 20.8. The predicted octanol–water partition coefficient (Wildman–Crippen LogP) is 2.33. The summed E-state index contributed by atoms with van der Waals surface area (Å²) in [6.07, 6.45) is 3.04. The van der Waals surface area contributed by atoms with Crippen LogP contribution in [0.2, 0.25) is 0 Å². The molecule has 0 aliphatic carbocycles. The van der Waals surface area contributed by atoms with Crippen LogP contribution in [0, 0.1) is 6.92 Å². The van der Waals surface area contributed by atoms with Gasteiger partial charge in [-0.25, -0.2) is 4.98 Å². The summed E-state index contributed by atoms with van der Waals surface area (Å²) in [5, 5.41) is 0. The van der Waals surface area contributed by atoms with Crippen LogP contribution in [0.3, 0.4) is 0 Å². The van der Waals surface area contributed by atoms with E-state index in [-0.39, 0.29) is 0 Å². The van der Waals surface area contributed by atoms with E-state index in [2.05, 4.69) is 57.9 Å². The summed E-state index contributed by atoms with van der Waals surface area (Å²) in [5.74, 6) is 1.83. The molecule has 27 heavy (non-hydrogen) atoms. The standard InChI is InChI=1S/C21H29N5O/c1-17-5-3-4-6-18(17)15-25-10-8-19(16-25)24(2)20-7-9-22-21(23-20)26-11-13-27-14-12-26/h3-7,9,19H,8,10-16H2,1-2H3. The Morgan fingerprint density at radius 1 is 1.15 bits per heavy atom. The van der Waals surface area contributed by atoms with Gasteiger partial charge in [0.15, 0.2) is 0 Å². The molecule has 4 rings (SSSR count). The molecule has 0 spiro atoms. The van der Waals surface area contributed by atoms with Gasteiger partial charge in [-0.1, -0.05) is 24.3 Å². The van der Waals surface area contributed by atoms with E-state index in [4.69, 9.17) is 9.72 Å². The fraction of sp³-hybridized carbons (Fsp3) is 0.524. The predicted molar refractivity (Wildman–Crippen MR) is 108 cm³/mol. The molecular formula is C21H29N5O. The van der Waals surface area contributed by atoms with Crippen LogP contribution in [0.1, 0.15) is 17.5 Å². The Hall–Kier alpha value is -2.18. The summed E-state index contributed by atoms with van der Waals surface area (Å²) in [6, 6.07) is 11.2. The first-order chi connectivity index (χ1) is 13.2. The zero-order chi connectivity index (χ0) is 18.6. The third-order valence-corrected chi connectivity index (χ3v) is 5.73. The zero-order valence-corrected chi connectivity index (χ0v) is 16.3. The highest BCUT2D eigenvalue weighted by Crippen LogP contribution is 2.23. The maximum atomic E-state index is 5.44. The summed E-state index contributed by atoms with van der Waals surface area (Å²) in [4.78, 5) is 16.4. The Kier molecular flexibility index (Phi) is 5.55. The van der Waals surface area contributed by atoms with Crippen LogP contribution >= 0.6 is 0 Å². The van der Waals surface area contributed by atoms with Gasteiger partial charge in [0.2, 0.25) is 5.95 Å². The van der Waals surface area contributed by atoms with Crippen molar-refractivity contribution < 1.29 is 4.74 Å². The lowest BCUT2D eigenvalue weighted by atomic mass is 10.1. The van der Waals surface area contributed by atoms with Crippen molar-refractivity contribution in [2.75, 3.05) is 56.2 Å². The number of ether oxygens (including phenoxy) is 1. The number of morpholine rings is 1. The molecule has 2 aliphatic heterocycles. The monoisotopic (exact) mass is 367 g/mol. The van der Waals surface area contributed by atoms with Crippen LogP contribution in [0.4, 0.5) is 11.8 Å². The number of aryl methyl sites for hydroxylation is 1. The second kappa shape index (κ2) is 8.23. The van der Waals surface area contributed by atoms with Crippen molar-refractivity contribution in [1.82, 2.24) is 14.9 Å². The molecule has 1 unspecified atom stereocenters. The van der Waals surface area contributed by atoms with Crippen molar-refractivity contribution in [3.05, 3.63) is 47.7 Å². The average molecular weight is 367 g/mol. The molecule has 0 N–H and O–H groups in total. The molecule has 0 saturated carbocycles. The lowest BCUT2D eigenvalue weighted by molar-refractivity contribution is 0.122. The number of nitrogens with zero attached hydrogens (tertiary/aromatic N) is 5. The number of benzene rings is 1. The number of rotatable bonds is 5. The molecule has 2 saturated heterocycles. The van der Waals surface area contributed by atoms with Crippen LogP contribution in [0.15, 0.2) is 36.5 Å². The molecule has 2 aliphatic rings. The Bertz CT molecular complexity index is 762. The topological polar surface area (TPSA) is 44.7 Å². The molecule has 6 nitrogen and oxygen atoms in total. The molecule has 0 radical (unpaired) electrons. The van der Waals surface area contributed by atoms with Crippen molar-refractivity contribution in [1.29, 1.82) is 0 Å². The fourth-order valence-electron chi connectivity index (χ4n) is 3.94. The molecule has 1 aromatic carbocycles. The number of aromatic nitrogens is 2. The molecular weight excluding hydrogens is 338 g/mol. The highest BCUT2D eigenvalue weighted by Gasteiger charge is 2.27. The van der Waals surface area contributed by atoms with Crippen LogP contribution in [-0.2, 0) is 11.3 Å². The average Bonchev–Trinajstić information content (AvgIpc) is 3.18. The van der Waals surface area contributed by atoms with Gasteiger partial charge in [0.05, 0.1) is 13.2 Å². The van der Waals surface area contributed by atoms with Gasteiger partial charge in [0.25, 0.3) is 0 Å². The first kappa shape index (κ1) is 18.2. The second-order valence-corrected chi connectivity index (χ2v) is 7.53. The smallest absolute Gasteiger partial charge is 0.227 e. The molecule has 2 aromatic rings. The maximum Gasteiger partial charge on any atom is 0.227 e. The first-order valence-electron chi connectivity index (χ1n) is 9.86. The summed E-state index contributed by atoms with van der Waals surface area (Å²) in [7, 11) is 2.16. The molecule has 1 aromatic heterocycles. The lowest BCUT2D eigenvalue weighted by Gasteiger charge is -2.29. The SMILES string of the molecule is Cc1ccccc1CN1CCC(N(C)c2ccnc(N3CCOCC3)n2)C1. The van der Waals surface area contributed by atoms with Gasteiger partial charge in [-0.05, 0) is 30.5 Å². The molecule has 3 heterocycles. The summed E-state index contributed by atoms with van der Waals surface area (Å²) in [5.41, 5.74) is 2.80. The third-order valence-electron chi connectivity index (χ3n) is 5.73. The largest absolute Gasteiger partial charge is 0.378 e. The van der Waals surface area contributed by atoms with Gasteiger partial charge in [-0.3, -0.25) is 4.90 Å². The van der Waals surface area contributed by atoms with Gasteiger partial charge < -0.3 is 14.5 Å². The van der Waals surface area contributed by atoms with E-state index in [0.29, 0.717) is 6.04 Å². The number of anilines is 2. The van der Waals surface area contributed by atoms with E-state index in [1.165, 1.54) is 17.5 Å². The minimum atomic E-state index is 0.487. The van der Waals surface area contributed by atoms with E-state index in [9.17, 15) is 0 Å². The van der Waals surface area contributed by atoms with Crippen LogP contribution in [0.25, 0.3) is 0 Å².